The van der Waals surface area contributed by atoms with Gasteiger partial charge >= 0.3 is 0 Å². The van der Waals surface area contributed by atoms with Gasteiger partial charge in [-0.1, -0.05) is 0 Å². The SMILES string of the molecule is O=c1[nH]ccnc1NCC(F)(F)CO. The average Bonchev–Trinajstić information content (AvgIpc) is 2.17. The molecular formula is C7H9F2N3O2. The first-order chi connectivity index (χ1) is 6.55. The van der Waals surface area contributed by atoms with Crippen molar-refractivity contribution in [2.45, 2.75) is 5.92 Å². The third-order valence-corrected chi connectivity index (χ3v) is 1.45. The van der Waals surface area contributed by atoms with Gasteiger partial charge in [-0.2, -0.15) is 0 Å². The Labute approximate surface area is 77.8 Å². The number of aliphatic hydroxyl groups excluding tert-OH is 1. The van der Waals surface area contributed by atoms with E-state index in [-0.39, 0.29) is 5.82 Å². The molecule has 0 aliphatic carbocycles. The van der Waals surface area contributed by atoms with Crippen LogP contribution in [0.15, 0.2) is 17.2 Å². The molecule has 0 aliphatic rings. The summed E-state index contributed by atoms with van der Waals surface area (Å²) in [6.45, 7) is -2.10. The molecule has 1 aromatic heterocycles. The number of aromatic amines is 1. The Morgan fingerprint density at radius 3 is 2.93 bits per heavy atom. The Bertz CT molecular complexity index is 353. The quantitative estimate of drug-likeness (QED) is 0.636. The van der Waals surface area contributed by atoms with E-state index in [0.29, 0.717) is 0 Å². The normalized spacial score (nSPS) is 11.4. The van der Waals surface area contributed by atoms with E-state index < -0.39 is 24.6 Å². The lowest BCUT2D eigenvalue weighted by atomic mass is 10.3. The van der Waals surface area contributed by atoms with Gasteiger partial charge in [0.2, 0.25) is 0 Å². The molecule has 1 heterocycles. The lowest BCUT2D eigenvalue weighted by molar-refractivity contribution is -0.0373. The predicted octanol–water partition coefficient (Wildman–Crippen LogP) is -0.191. The fourth-order valence-corrected chi connectivity index (χ4v) is 0.747. The second kappa shape index (κ2) is 4.14. The summed E-state index contributed by atoms with van der Waals surface area (Å²) >= 11 is 0. The van der Waals surface area contributed by atoms with E-state index in [9.17, 15) is 13.6 Å². The van der Waals surface area contributed by atoms with Gasteiger partial charge in [-0.25, -0.2) is 13.8 Å². The van der Waals surface area contributed by atoms with Crippen LogP contribution in [0.5, 0.6) is 0 Å². The maximum atomic E-state index is 12.5. The van der Waals surface area contributed by atoms with Crippen LogP contribution in [-0.4, -0.2) is 34.1 Å². The highest BCUT2D eigenvalue weighted by Crippen LogP contribution is 2.11. The van der Waals surface area contributed by atoms with Crippen molar-refractivity contribution in [1.29, 1.82) is 0 Å². The fraction of sp³-hybridized carbons (Fsp3) is 0.429. The van der Waals surface area contributed by atoms with Gasteiger partial charge in [0, 0.05) is 12.4 Å². The van der Waals surface area contributed by atoms with Crippen LogP contribution in [0, 0.1) is 0 Å². The van der Waals surface area contributed by atoms with Gasteiger partial charge in [-0.3, -0.25) is 4.79 Å². The van der Waals surface area contributed by atoms with Gasteiger partial charge in [0.05, 0.1) is 6.54 Å². The standard InChI is InChI=1S/C7H9F2N3O2/c8-7(9,4-13)3-12-5-6(14)11-2-1-10-5/h1-2,13H,3-4H2,(H,10,12)(H,11,14). The van der Waals surface area contributed by atoms with Crippen molar-refractivity contribution in [2.24, 2.45) is 0 Å². The number of anilines is 1. The first-order valence-electron chi connectivity index (χ1n) is 3.81. The lowest BCUT2D eigenvalue weighted by Crippen LogP contribution is -2.32. The van der Waals surface area contributed by atoms with Crippen molar-refractivity contribution in [3.63, 3.8) is 0 Å². The van der Waals surface area contributed by atoms with Gasteiger partial charge in [0.15, 0.2) is 5.82 Å². The maximum Gasteiger partial charge on any atom is 0.290 e. The number of H-pyrrole nitrogens is 1. The van der Waals surface area contributed by atoms with Crippen LogP contribution in [0.2, 0.25) is 0 Å². The van der Waals surface area contributed by atoms with Crippen LogP contribution < -0.4 is 10.9 Å². The molecule has 5 nitrogen and oxygen atoms in total. The van der Waals surface area contributed by atoms with Gasteiger partial charge in [-0.15, -0.1) is 0 Å². The molecule has 3 N–H and O–H groups in total. The smallest absolute Gasteiger partial charge is 0.290 e. The molecular weight excluding hydrogens is 196 g/mol. The number of nitrogens with one attached hydrogen (secondary N) is 2. The number of aliphatic hydroxyl groups is 1. The molecule has 0 amide bonds. The summed E-state index contributed by atoms with van der Waals surface area (Å²) in [4.78, 5) is 16.7. The van der Waals surface area contributed by atoms with Crippen LogP contribution in [-0.2, 0) is 0 Å². The Kier molecular flexibility index (Phi) is 3.13. The van der Waals surface area contributed by atoms with Crippen LogP contribution in [0.3, 0.4) is 0 Å². The number of aromatic nitrogens is 2. The number of halogens is 2. The number of nitrogens with zero attached hydrogens (tertiary/aromatic N) is 1. The summed E-state index contributed by atoms with van der Waals surface area (Å²) in [6.07, 6.45) is 2.55. The van der Waals surface area contributed by atoms with Crippen LogP contribution in [0.25, 0.3) is 0 Å². The molecule has 0 aromatic carbocycles. The molecule has 0 unspecified atom stereocenters. The van der Waals surface area contributed by atoms with E-state index in [1.54, 1.807) is 0 Å². The molecule has 0 atom stereocenters. The fourth-order valence-electron chi connectivity index (χ4n) is 0.747. The first-order valence-corrected chi connectivity index (χ1v) is 3.81. The molecule has 0 spiro atoms. The van der Waals surface area contributed by atoms with E-state index in [4.69, 9.17) is 5.11 Å². The molecule has 0 fully saturated rings. The summed E-state index contributed by atoms with van der Waals surface area (Å²) in [7, 11) is 0. The first kappa shape index (κ1) is 10.6. The highest BCUT2D eigenvalue weighted by Gasteiger charge is 2.27. The van der Waals surface area contributed by atoms with Crippen molar-refractivity contribution in [3.05, 3.63) is 22.7 Å². The van der Waals surface area contributed by atoms with Crippen molar-refractivity contribution in [2.75, 3.05) is 18.5 Å². The number of rotatable bonds is 4. The minimum atomic E-state index is -3.26. The molecule has 0 bridgehead atoms. The topological polar surface area (TPSA) is 78.0 Å². The van der Waals surface area contributed by atoms with Gasteiger partial charge < -0.3 is 15.4 Å². The van der Waals surface area contributed by atoms with Crippen molar-refractivity contribution in [3.8, 4) is 0 Å². The van der Waals surface area contributed by atoms with E-state index in [1.807, 2.05) is 0 Å². The van der Waals surface area contributed by atoms with E-state index in [2.05, 4.69) is 15.3 Å². The molecule has 0 radical (unpaired) electrons. The minimum Gasteiger partial charge on any atom is -0.390 e. The Morgan fingerprint density at radius 2 is 2.36 bits per heavy atom. The molecule has 0 saturated carbocycles. The van der Waals surface area contributed by atoms with E-state index in [0.717, 1.165) is 0 Å². The molecule has 1 rings (SSSR count). The van der Waals surface area contributed by atoms with Gasteiger partial charge in [-0.05, 0) is 0 Å². The van der Waals surface area contributed by atoms with E-state index >= 15 is 0 Å². The maximum absolute atomic E-state index is 12.5. The summed E-state index contributed by atoms with van der Waals surface area (Å²) < 4.78 is 25.0. The Morgan fingerprint density at radius 1 is 1.64 bits per heavy atom. The average molecular weight is 205 g/mol. The molecule has 1 aromatic rings. The van der Waals surface area contributed by atoms with Crippen LogP contribution in [0.1, 0.15) is 0 Å². The lowest BCUT2D eigenvalue weighted by Gasteiger charge is -2.13. The zero-order valence-corrected chi connectivity index (χ0v) is 7.13. The van der Waals surface area contributed by atoms with E-state index in [1.165, 1.54) is 12.4 Å². The highest BCUT2D eigenvalue weighted by molar-refractivity contribution is 5.30. The third-order valence-electron chi connectivity index (χ3n) is 1.45. The highest BCUT2D eigenvalue weighted by atomic mass is 19.3. The van der Waals surface area contributed by atoms with Crippen molar-refractivity contribution < 1.29 is 13.9 Å². The Balaban J connectivity index is 2.63. The second-order valence-electron chi connectivity index (χ2n) is 2.63. The molecule has 78 valence electrons. The van der Waals surface area contributed by atoms with Crippen LogP contribution in [0.4, 0.5) is 14.6 Å². The predicted molar refractivity (Wildman–Crippen MR) is 45.4 cm³/mol. The van der Waals surface area contributed by atoms with Crippen molar-refractivity contribution >= 4 is 5.82 Å². The second-order valence-corrected chi connectivity index (χ2v) is 2.63. The monoisotopic (exact) mass is 205 g/mol. The minimum absolute atomic E-state index is 0.194. The molecule has 0 saturated heterocycles. The largest absolute Gasteiger partial charge is 0.390 e. The Hall–Kier alpha value is -1.50. The molecule has 14 heavy (non-hydrogen) atoms. The zero-order valence-electron chi connectivity index (χ0n) is 7.13. The zero-order chi connectivity index (χ0) is 10.6. The molecule has 0 aliphatic heterocycles. The van der Waals surface area contributed by atoms with Gasteiger partial charge in [0.25, 0.3) is 11.5 Å². The van der Waals surface area contributed by atoms with Crippen molar-refractivity contribution in [1.82, 2.24) is 9.97 Å². The van der Waals surface area contributed by atoms with Gasteiger partial charge in [0.1, 0.15) is 6.61 Å². The molecule has 7 heteroatoms. The summed E-state index contributed by atoms with van der Waals surface area (Å²) in [6, 6.07) is 0. The summed E-state index contributed by atoms with van der Waals surface area (Å²) in [5, 5.41) is 10.4. The van der Waals surface area contributed by atoms with Crippen LogP contribution >= 0.6 is 0 Å². The number of hydrogen-bond acceptors (Lipinski definition) is 4. The summed E-state index contributed by atoms with van der Waals surface area (Å²) in [5.74, 6) is -3.45. The number of alkyl halides is 2. The summed E-state index contributed by atoms with van der Waals surface area (Å²) in [5.41, 5.74) is -0.582. The third kappa shape index (κ3) is 2.77. The number of hydrogen-bond donors (Lipinski definition) is 3.